The maximum Gasteiger partial charge on any atom is 0.300 e. The lowest BCUT2D eigenvalue weighted by Gasteiger charge is -2.31. The second-order valence-electron chi connectivity index (χ2n) is 4.89. The van der Waals surface area contributed by atoms with Gasteiger partial charge in [0.05, 0.1) is 0 Å². The van der Waals surface area contributed by atoms with Crippen LogP contribution in [0.4, 0.5) is 0 Å². The van der Waals surface area contributed by atoms with Crippen LogP contribution in [0.2, 0.25) is 0 Å². The summed E-state index contributed by atoms with van der Waals surface area (Å²) in [5.74, 6) is -0.587. The van der Waals surface area contributed by atoms with Gasteiger partial charge in [-0.1, -0.05) is 13.8 Å². The van der Waals surface area contributed by atoms with Crippen LogP contribution in [-0.4, -0.2) is 11.7 Å². The van der Waals surface area contributed by atoms with E-state index in [2.05, 4.69) is 5.18 Å². The van der Waals surface area contributed by atoms with E-state index in [1.807, 2.05) is 13.8 Å². The molecule has 0 heterocycles. The average molecular weight is 195 g/mol. The van der Waals surface area contributed by atoms with Crippen molar-refractivity contribution in [3.8, 4) is 0 Å². The van der Waals surface area contributed by atoms with Crippen molar-refractivity contribution in [1.29, 1.82) is 0 Å². The molecule has 4 heteroatoms. The zero-order valence-corrected chi connectivity index (χ0v) is 8.37. The summed E-state index contributed by atoms with van der Waals surface area (Å²) in [7, 11) is 0. The molecular weight excluding hydrogens is 182 g/mol. The summed E-state index contributed by atoms with van der Waals surface area (Å²) in [6, 6.07) is 0. The molecule has 2 rings (SSSR count). The van der Waals surface area contributed by atoms with Crippen LogP contribution in [0.3, 0.4) is 0 Å². The number of hydrogen-bond acceptors (Lipinski definition) is 3. The van der Waals surface area contributed by atoms with Crippen molar-refractivity contribution >= 4 is 11.7 Å². The van der Waals surface area contributed by atoms with Crippen LogP contribution in [0.25, 0.3) is 0 Å². The van der Waals surface area contributed by atoms with Gasteiger partial charge in [-0.05, 0) is 24.2 Å². The molecule has 0 saturated heterocycles. The fourth-order valence-electron chi connectivity index (χ4n) is 3.26. The molecule has 0 unspecified atom stereocenters. The summed E-state index contributed by atoms with van der Waals surface area (Å²) in [5.41, 5.74) is -1.46. The molecule has 0 aromatic rings. The van der Waals surface area contributed by atoms with Gasteiger partial charge < -0.3 is 0 Å². The van der Waals surface area contributed by atoms with E-state index in [1.165, 1.54) is 0 Å². The molecule has 0 aliphatic heterocycles. The topological polar surface area (TPSA) is 63.6 Å². The summed E-state index contributed by atoms with van der Waals surface area (Å²) in [6.45, 7) is 3.80. The first kappa shape index (κ1) is 9.49. The van der Waals surface area contributed by atoms with E-state index in [-0.39, 0.29) is 17.1 Å². The highest BCUT2D eigenvalue weighted by Crippen LogP contribution is 2.64. The van der Waals surface area contributed by atoms with Gasteiger partial charge in [-0.25, -0.2) is 0 Å². The van der Waals surface area contributed by atoms with Crippen LogP contribution in [0.15, 0.2) is 5.18 Å². The molecule has 14 heavy (non-hydrogen) atoms. The number of fused-ring (bicyclic) bond motifs is 2. The van der Waals surface area contributed by atoms with Gasteiger partial charge >= 0.3 is 0 Å². The highest BCUT2D eigenvalue weighted by Gasteiger charge is 2.68. The minimum absolute atomic E-state index is 0.0802. The smallest absolute Gasteiger partial charge is 0.298 e. The zero-order chi connectivity index (χ0) is 10.6. The van der Waals surface area contributed by atoms with Crippen LogP contribution < -0.4 is 0 Å². The number of Topliss-reactive ketones (excluding diaryl/α,β-unsaturated/α-hetero) is 1. The molecule has 2 bridgehead atoms. The van der Waals surface area contributed by atoms with Crippen LogP contribution >= 0.6 is 0 Å². The van der Waals surface area contributed by atoms with Gasteiger partial charge in [0, 0.05) is 11.6 Å². The van der Waals surface area contributed by atoms with Gasteiger partial charge in [0.15, 0.2) is 0 Å². The molecule has 4 nitrogen and oxygen atoms in total. The zero-order valence-electron chi connectivity index (χ0n) is 8.37. The average Bonchev–Trinajstić information content (AvgIpc) is 2.49. The predicted octanol–water partition coefficient (Wildman–Crippen LogP) is 1.67. The van der Waals surface area contributed by atoms with Crippen molar-refractivity contribution in [3.63, 3.8) is 0 Å². The van der Waals surface area contributed by atoms with Gasteiger partial charge in [-0.15, -0.1) is 4.91 Å². The molecule has 0 N–H and O–H groups in total. The standard InChI is InChI=1S/C10H13NO3/c1-9(2)6-3-4-10(9,7(12)5-6)8(13)11-14/h6H,3-5H2,1-2H3/t6-,10+/m1/s1. The molecular formula is C10H13NO3. The van der Waals surface area contributed by atoms with Gasteiger partial charge in [-0.3, -0.25) is 9.59 Å². The minimum atomic E-state index is -1.08. The Balaban J connectivity index is 2.54. The summed E-state index contributed by atoms with van der Waals surface area (Å²) >= 11 is 0. The number of hydrogen-bond donors (Lipinski definition) is 0. The molecule has 2 fully saturated rings. The van der Waals surface area contributed by atoms with Crippen LogP contribution in [0.1, 0.15) is 33.1 Å². The van der Waals surface area contributed by atoms with E-state index in [9.17, 15) is 14.5 Å². The van der Waals surface area contributed by atoms with Crippen LogP contribution in [0.5, 0.6) is 0 Å². The number of nitrogens with zero attached hydrogens (tertiary/aromatic N) is 1. The Kier molecular flexibility index (Phi) is 1.69. The third-order valence-corrected chi connectivity index (χ3v) is 4.34. The van der Waals surface area contributed by atoms with Gasteiger partial charge in [-0.2, -0.15) is 0 Å². The Bertz CT molecular complexity index is 334. The Hall–Kier alpha value is -1.06. The fourth-order valence-corrected chi connectivity index (χ4v) is 3.26. The highest BCUT2D eigenvalue weighted by molar-refractivity contribution is 6.09. The normalized spacial score (nSPS) is 38.7. The molecule has 2 atom stereocenters. The van der Waals surface area contributed by atoms with Crippen molar-refractivity contribution in [3.05, 3.63) is 4.91 Å². The maximum atomic E-state index is 11.8. The van der Waals surface area contributed by atoms with Crippen molar-refractivity contribution in [2.24, 2.45) is 21.9 Å². The second-order valence-corrected chi connectivity index (χ2v) is 4.89. The number of nitroso groups, excluding NO2 is 1. The van der Waals surface area contributed by atoms with E-state index >= 15 is 0 Å². The first-order chi connectivity index (χ1) is 6.46. The lowest BCUT2D eigenvalue weighted by Crippen LogP contribution is -2.42. The van der Waals surface area contributed by atoms with E-state index in [1.54, 1.807) is 0 Å². The summed E-state index contributed by atoms with van der Waals surface area (Å²) in [5, 5.41) is 2.48. The van der Waals surface area contributed by atoms with E-state index in [4.69, 9.17) is 0 Å². The number of carbonyl (C=O) groups excluding carboxylic acids is 2. The highest BCUT2D eigenvalue weighted by atomic mass is 16.3. The van der Waals surface area contributed by atoms with E-state index < -0.39 is 11.3 Å². The fraction of sp³-hybridized carbons (Fsp3) is 0.800. The van der Waals surface area contributed by atoms with Crippen LogP contribution in [0, 0.1) is 21.7 Å². The molecule has 0 aromatic heterocycles. The molecule has 0 radical (unpaired) electrons. The Labute approximate surface area is 82.0 Å². The molecule has 2 aliphatic rings. The van der Waals surface area contributed by atoms with Crippen molar-refractivity contribution < 1.29 is 9.59 Å². The molecule has 1 amide bonds. The Morgan fingerprint density at radius 3 is 2.50 bits per heavy atom. The monoisotopic (exact) mass is 195 g/mol. The summed E-state index contributed by atoms with van der Waals surface area (Å²) < 4.78 is 0. The first-order valence-corrected chi connectivity index (χ1v) is 4.88. The number of rotatable bonds is 1. The molecule has 0 aromatic carbocycles. The molecule has 76 valence electrons. The lowest BCUT2D eigenvalue weighted by atomic mass is 9.68. The van der Waals surface area contributed by atoms with Crippen molar-refractivity contribution in [2.75, 3.05) is 0 Å². The minimum Gasteiger partial charge on any atom is -0.298 e. The first-order valence-electron chi connectivity index (χ1n) is 4.88. The van der Waals surface area contributed by atoms with Crippen molar-refractivity contribution in [1.82, 2.24) is 0 Å². The van der Waals surface area contributed by atoms with Gasteiger partial charge in [0.2, 0.25) is 0 Å². The summed E-state index contributed by atoms with van der Waals surface area (Å²) in [4.78, 5) is 33.6. The maximum absolute atomic E-state index is 11.8. The quantitative estimate of drug-likeness (QED) is 0.472. The molecule has 2 aliphatic carbocycles. The molecule has 2 saturated carbocycles. The Morgan fingerprint density at radius 1 is 1.50 bits per heavy atom. The third-order valence-electron chi connectivity index (χ3n) is 4.34. The van der Waals surface area contributed by atoms with Crippen LogP contribution in [-0.2, 0) is 9.59 Å². The number of ketones is 1. The number of amides is 1. The summed E-state index contributed by atoms with van der Waals surface area (Å²) in [6.07, 6.45) is 1.81. The predicted molar refractivity (Wildman–Crippen MR) is 49.4 cm³/mol. The third kappa shape index (κ3) is 0.751. The van der Waals surface area contributed by atoms with Gasteiger partial charge in [0.25, 0.3) is 5.91 Å². The SMILES string of the molecule is CC1(C)[C@@H]2CC[C@@]1(C(=O)N=O)C(=O)C2. The van der Waals surface area contributed by atoms with E-state index in [0.717, 1.165) is 6.42 Å². The second kappa shape index (κ2) is 2.49. The molecule has 0 spiro atoms. The lowest BCUT2D eigenvalue weighted by molar-refractivity contribution is -0.142. The van der Waals surface area contributed by atoms with Gasteiger partial charge in [0.1, 0.15) is 11.2 Å². The van der Waals surface area contributed by atoms with Crippen molar-refractivity contribution in [2.45, 2.75) is 33.1 Å². The number of carbonyl (C=O) groups is 2. The van der Waals surface area contributed by atoms with E-state index in [0.29, 0.717) is 12.8 Å². The Morgan fingerprint density at radius 2 is 2.14 bits per heavy atom. The largest absolute Gasteiger partial charge is 0.300 e.